The Morgan fingerprint density at radius 1 is 1.50 bits per heavy atom. The van der Waals surface area contributed by atoms with Crippen LogP contribution in [0.25, 0.3) is 0 Å². The standard InChI is InChI=1S/C11H23NO2/c1-8(13)5-4-6-12-9-7-10(14)11(9,2)3/h8-10,12-14H,4-7H2,1-3H3. The van der Waals surface area contributed by atoms with Gasteiger partial charge in [0.2, 0.25) is 0 Å². The molecule has 3 heteroatoms. The van der Waals surface area contributed by atoms with Gasteiger partial charge < -0.3 is 15.5 Å². The minimum Gasteiger partial charge on any atom is -0.393 e. The van der Waals surface area contributed by atoms with Crippen molar-refractivity contribution in [1.29, 1.82) is 0 Å². The maximum absolute atomic E-state index is 9.51. The van der Waals surface area contributed by atoms with Crippen LogP contribution in [-0.2, 0) is 0 Å². The van der Waals surface area contributed by atoms with Crippen molar-refractivity contribution in [2.75, 3.05) is 6.54 Å². The number of hydrogen-bond donors (Lipinski definition) is 3. The maximum Gasteiger partial charge on any atom is 0.0621 e. The van der Waals surface area contributed by atoms with Crippen molar-refractivity contribution in [2.24, 2.45) is 5.41 Å². The van der Waals surface area contributed by atoms with E-state index >= 15 is 0 Å². The van der Waals surface area contributed by atoms with E-state index in [0.717, 1.165) is 25.8 Å². The second-order valence-electron chi connectivity index (χ2n) is 5.07. The molecule has 3 unspecified atom stereocenters. The number of aliphatic hydroxyl groups is 2. The van der Waals surface area contributed by atoms with Crippen LogP contribution in [0.3, 0.4) is 0 Å². The van der Waals surface area contributed by atoms with Crippen LogP contribution in [0.15, 0.2) is 0 Å². The van der Waals surface area contributed by atoms with Crippen LogP contribution in [0.5, 0.6) is 0 Å². The Balaban J connectivity index is 2.09. The Bertz CT molecular complexity index is 180. The molecule has 0 aromatic carbocycles. The van der Waals surface area contributed by atoms with Crippen molar-refractivity contribution in [3.8, 4) is 0 Å². The smallest absolute Gasteiger partial charge is 0.0621 e. The molecule has 0 saturated heterocycles. The summed E-state index contributed by atoms with van der Waals surface area (Å²) >= 11 is 0. The highest BCUT2D eigenvalue weighted by molar-refractivity contribution is 5.01. The van der Waals surface area contributed by atoms with Crippen molar-refractivity contribution in [3.63, 3.8) is 0 Å². The van der Waals surface area contributed by atoms with Crippen molar-refractivity contribution in [3.05, 3.63) is 0 Å². The first kappa shape index (κ1) is 12.0. The lowest BCUT2D eigenvalue weighted by Crippen LogP contribution is -2.60. The highest BCUT2D eigenvalue weighted by atomic mass is 16.3. The summed E-state index contributed by atoms with van der Waals surface area (Å²) in [7, 11) is 0. The van der Waals surface area contributed by atoms with Gasteiger partial charge in [-0.1, -0.05) is 13.8 Å². The van der Waals surface area contributed by atoms with E-state index in [1.807, 2.05) is 6.92 Å². The summed E-state index contributed by atoms with van der Waals surface area (Å²) in [6, 6.07) is 0.437. The van der Waals surface area contributed by atoms with E-state index in [1.165, 1.54) is 0 Å². The third-order valence-corrected chi connectivity index (χ3v) is 3.41. The molecule has 1 fully saturated rings. The Labute approximate surface area is 86.5 Å². The highest BCUT2D eigenvalue weighted by Crippen LogP contribution is 2.40. The van der Waals surface area contributed by atoms with Gasteiger partial charge in [-0.25, -0.2) is 0 Å². The second-order valence-corrected chi connectivity index (χ2v) is 5.07. The molecule has 0 heterocycles. The fraction of sp³-hybridized carbons (Fsp3) is 1.00. The van der Waals surface area contributed by atoms with Gasteiger partial charge in [0.1, 0.15) is 0 Å². The van der Waals surface area contributed by atoms with E-state index in [1.54, 1.807) is 0 Å². The van der Waals surface area contributed by atoms with E-state index in [-0.39, 0.29) is 17.6 Å². The number of hydrogen-bond acceptors (Lipinski definition) is 3. The van der Waals surface area contributed by atoms with E-state index in [9.17, 15) is 5.11 Å². The molecule has 0 spiro atoms. The molecular formula is C11H23NO2. The summed E-state index contributed by atoms with van der Waals surface area (Å²) in [5.41, 5.74) is 0.0187. The first-order valence-corrected chi connectivity index (χ1v) is 5.54. The first-order chi connectivity index (χ1) is 6.44. The first-order valence-electron chi connectivity index (χ1n) is 5.54. The van der Waals surface area contributed by atoms with Gasteiger partial charge in [-0.05, 0) is 32.7 Å². The highest BCUT2D eigenvalue weighted by Gasteiger charge is 2.46. The molecule has 1 aliphatic rings. The van der Waals surface area contributed by atoms with E-state index in [4.69, 9.17) is 5.11 Å². The number of rotatable bonds is 5. The van der Waals surface area contributed by atoms with Gasteiger partial charge >= 0.3 is 0 Å². The zero-order valence-electron chi connectivity index (χ0n) is 9.45. The van der Waals surface area contributed by atoms with Crippen LogP contribution in [0.2, 0.25) is 0 Å². The lowest BCUT2D eigenvalue weighted by Gasteiger charge is -2.49. The monoisotopic (exact) mass is 201 g/mol. The van der Waals surface area contributed by atoms with Crippen LogP contribution in [0.4, 0.5) is 0 Å². The molecule has 1 saturated carbocycles. The summed E-state index contributed by atoms with van der Waals surface area (Å²) in [5.74, 6) is 0. The third-order valence-electron chi connectivity index (χ3n) is 3.41. The predicted octanol–water partition coefficient (Wildman–Crippen LogP) is 0.896. The third kappa shape index (κ3) is 2.69. The van der Waals surface area contributed by atoms with Crippen LogP contribution in [0.1, 0.15) is 40.0 Å². The number of nitrogens with one attached hydrogen (secondary N) is 1. The SMILES string of the molecule is CC(O)CCCNC1CC(O)C1(C)C. The quantitative estimate of drug-likeness (QED) is 0.579. The maximum atomic E-state index is 9.51. The fourth-order valence-corrected chi connectivity index (χ4v) is 1.92. The molecule has 0 bridgehead atoms. The van der Waals surface area contributed by atoms with Gasteiger partial charge in [-0.15, -0.1) is 0 Å². The number of aliphatic hydroxyl groups excluding tert-OH is 2. The molecule has 1 aliphatic carbocycles. The van der Waals surface area contributed by atoms with Crippen LogP contribution in [-0.4, -0.2) is 35.0 Å². The molecule has 3 N–H and O–H groups in total. The summed E-state index contributed by atoms with van der Waals surface area (Å²) < 4.78 is 0. The lowest BCUT2D eigenvalue weighted by atomic mass is 9.64. The molecule has 0 amide bonds. The fourth-order valence-electron chi connectivity index (χ4n) is 1.92. The van der Waals surface area contributed by atoms with Crippen molar-refractivity contribution in [1.82, 2.24) is 5.32 Å². The topological polar surface area (TPSA) is 52.5 Å². The second kappa shape index (κ2) is 4.60. The van der Waals surface area contributed by atoms with Crippen LogP contribution >= 0.6 is 0 Å². The van der Waals surface area contributed by atoms with E-state index in [2.05, 4.69) is 19.2 Å². The van der Waals surface area contributed by atoms with Crippen molar-refractivity contribution >= 4 is 0 Å². The van der Waals surface area contributed by atoms with Gasteiger partial charge in [-0.2, -0.15) is 0 Å². The summed E-state index contributed by atoms with van der Waals surface area (Å²) in [6.07, 6.45) is 2.36. The van der Waals surface area contributed by atoms with Gasteiger partial charge in [0, 0.05) is 11.5 Å². The minimum atomic E-state index is -0.197. The van der Waals surface area contributed by atoms with Crippen molar-refractivity contribution in [2.45, 2.75) is 58.3 Å². The molecule has 3 nitrogen and oxygen atoms in total. The lowest BCUT2D eigenvalue weighted by molar-refractivity contribution is -0.0723. The Hall–Kier alpha value is -0.120. The molecular weight excluding hydrogens is 178 g/mol. The van der Waals surface area contributed by atoms with Crippen molar-refractivity contribution < 1.29 is 10.2 Å². The van der Waals surface area contributed by atoms with Gasteiger partial charge in [0.15, 0.2) is 0 Å². The van der Waals surface area contributed by atoms with E-state index < -0.39 is 0 Å². The van der Waals surface area contributed by atoms with Gasteiger partial charge in [0.25, 0.3) is 0 Å². The summed E-state index contributed by atoms with van der Waals surface area (Å²) in [5, 5.41) is 22.0. The molecule has 0 aromatic heterocycles. The van der Waals surface area contributed by atoms with E-state index in [0.29, 0.717) is 6.04 Å². The minimum absolute atomic E-state index is 0.0187. The Kier molecular flexibility index (Phi) is 3.93. The molecule has 14 heavy (non-hydrogen) atoms. The largest absolute Gasteiger partial charge is 0.393 e. The van der Waals surface area contributed by atoms with Crippen LogP contribution in [0, 0.1) is 5.41 Å². The molecule has 0 radical (unpaired) electrons. The molecule has 84 valence electrons. The summed E-state index contributed by atoms with van der Waals surface area (Å²) in [6.45, 7) is 6.93. The molecule has 0 aromatic rings. The average Bonchev–Trinajstić information content (AvgIpc) is 2.10. The zero-order chi connectivity index (χ0) is 10.8. The molecule has 3 atom stereocenters. The predicted molar refractivity (Wildman–Crippen MR) is 57.1 cm³/mol. The molecule has 0 aliphatic heterocycles. The zero-order valence-corrected chi connectivity index (χ0v) is 9.45. The summed E-state index contributed by atoms with van der Waals surface area (Å²) in [4.78, 5) is 0. The van der Waals surface area contributed by atoms with Gasteiger partial charge in [0.05, 0.1) is 12.2 Å². The van der Waals surface area contributed by atoms with Crippen LogP contribution < -0.4 is 5.32 Å². The van der Waals surface area contributed by atoms with Gasteiger partial charge in [-0.3, -0.25) is 0 Å². The Morgan fingerprint density at radius 3 is 2.57 bits per heavy atom. The average molecular weight is 201 g/mol. The molecule has 1 rings (SSSR count). The Morgan fingerprint density at radius 2 is 2.14 bits per heavy atom. The normalized spacial score (nSPS) is 32.4.